The molecule has 12 nitrogen and oxygen atoms in total. The van der Waals surface area contributed by atoms with E-state index in [9.17, 15) is 28.8 Å². The van der Waals surface area contributed by atoms with Crippen molar-refractivity contribution in [2.75, 3.05) is 18.3 Å². The molecule has 30 heavy (non-hydrogen) atoms. The Morgan fingerprint density at radius 3 is 1.67 bits per heavy atom. The fraction of sp³-hybridized carbons (Fsp3) is 0.647. The molecule has 13 heteroatoms. The first kappa shape index (κ1) is 29.4. The molecule has 0 bridgehead atoms. The van der Waals surface area contributed by atoms with Crippen LogP contribution in [0, 0.1) is 0 Å². The molecule has 0 aliphatic rings. The summed E-state index contributed by atoms with van der Waals surface area (Å²) in [5.74, 6) is -3.83. The number of hydrogen-bond acceptors (Lipinski definition) is 6. The average Bonchev–Trinajstić information content (AvgIpc) is 2.59. The molecule has 8 N–H and O–H groups in total. The lowest BCUT2D eigenvalue weighted by Crippen LogP contribution is -2.52. The van der Waals surface area contributed by atoms with Crippen LogP contribution in [-0.4, -0.2) is 76.1 Å². The second kappa shape index (κ2) is 16.0. The van der Waals surface area contributed by atoms with Crippen LogP contribution in [0.3, 0.4) is 0 Å². The van der Waals surface area contributed by atoms with E-state index < -0.39 is 47.7 Å². The largest absolute Gasteiger partial charge is 0.481 e. The molecule has 0 aromatic heterocycles. The number of hydrogen-bond donors (Lipinski definition) is 6. The Balaban J connectivity index is 0. The Hall–Kier alpha value is -2.83. The lowest BCUT2D eigenvalue weighted by atomic mass is 10.1. The van der Waals surface area contributed by atoms with E-state index in [1.807, 2.05) is 12.5 Å². The SMILES string of the molecule is CC(=O)N[C@@H](CCC(=O)O)C(=O)N[C@@H](CCC(N)=O)C(N)=O.C[S+](C)CCC(=O)O. The predicted octanol–water partition coefficient (Wildman–Crippen LogP) is -2.07. The Labute approximate surface area is 177 Å². The maximum Gasteiger partial charge on any atom is 0.308 e. The fourth-order valence-corrected chi connectivity index (χ4v) is 2.50. The van der Waals surface area contributed by atoms with Crippen molar-refractivity contribution in [3.05, 3.63) is 0 Å². The first-order valence-corrected chi connectivity index (χ1v) is 11.1. The van der Waals surface area contributed by atoms with Crippen LogP contribution < -0.4 is 22.1 Å². The quantitative estimate of drug-likeness (QED) is 0.170. The van der Waals surface area contributed by atoms with Gasteiger partial charge < -0.3 is 32.3 Å². The second-order valence-electron chi connectivity index (χ2n) is 6.49. The summed E-state index contributed by atoms with van der Waals surface area (Å²) in [7, 11) is 0.283. The Kier molecular flexibility index (Phi) is 15.7. The van der Waals surface area contributed by atoms with E-state index in [0.717, 1.165) is 5.75 Å². The summed E-state index contributed by atoms with van der Waals surface area (Å²) in [4.78, 5) is 65.4. The van der Waals surface area contributed by atoms with Gasteiger partial charge in [0.2, 0.25) is 23.6 Å². The van der Waals surface area contributed by atoms with Gasteiger partial charge in [0.05, 0.1) is 18.9 Å². The van der Waals surface area contributed by atoms with Crippen LogP contribution in [0.2, 0.25) is 0 Å². The summed E-state index contributed by atoms with van der Waals surface area (Å²) in [5.41, 5.74) is 10.1. The fourth-order valence-electron chi connectivity index (χ4n) is 1.92. The van der Waals surface area contributed by atoms with Gasteiger partial charge in [-0.05, 0) is 23.7 Å². The number of aliphatic carboxylic acids is 2. The lowest BCUT2D eigenvalue weighted by Gasteiger charge is -2.20. The van der Waals surface area contributed by atoms with Gasteiger partial charge in [0.15, 0.2) is 0 Å². The molecule has 4 amide bonds. The van der Waals surface area contributed by atoms with Crippen LogP contribution >= 0.6 is 0 Å². The normalized spacial score (nSPS) is 12.0. The minimum atomic E-state index is -1.14. The van der Waals surface area contributed by atoms with Crippen molar-refractivity contribution < 1.29 is 39.0 Å². The highest BCUT2D eigenvalue weighted by Crippen LogP contribution is 2.02. The zero-order valence-corrected chi connectivity index (χ0v) is 18.1. The van der Waals surface area contributed by atoms with Gasteiger partial charge in [-0.15, -0.1) is 0 Å². The molecule has 0 saturated heterocycles. The topological polar surface area (TPSA) is 219 Å². The number of nitrogens with two attached hydrogens (primary N) is 2. The third kappa shape index (κ3) is 18.5. The van der Waals surface area contributed by atoms with Crippen LogP contribution in [0.4, 0.5) is 0 Å². The molecular formula is C17H31N4O8S+. The maximum absolute atomic E-state index is 12.0. The molecule has 0 aromatic rings. The van der Waals surface area contributed by atoms with Gasteiger partial charge in [0.1, 0.15) is 17.8 Å². The number of carbonyl (C=O) groups excluding carboxylic acids is 4. The minimum Gasteiger partial charge on any atom is -0.481 e. The van der Waals surface area contributed by atoms with Crippen LogP contribution in [0.15, 0.2) is 0 Å². The molecule has 0 spiro atoms. The number of carbonyl (C=O) groups is 6. The van der Waals surface area contributed by atoms with Gasteiger partial charge in [0.25, 0.3) is 0 Å². The molecule has 2 atom stereocenters. The van der Waals surface area contributed by atoms with E-state index in [2.05, 4.69) is 10.6 Å². The summed E-state index contributed by atoms with van der Waals surface area (Å²) >= 11 is 0. The molecule has 0 heterocycles. The van der Waals surface area contributed by atoms with Gasteiger partial charge in [-0.3, -0.25) is 28.8 Å². The Morgan fingerprint density at radius 2 is 1.33 bits per heavy atom. The third-order valence-electron chi connectivity index (χ3n) is 3.40. The molecule has 0 radical (unpaired) electrons. The summed E-state index contributed by atoms with van der Waals surface area (Å²) in [6.07, 6.45) is 3.67. The molecule has 0 rings (SSSR count). The van der Waals surface area contributed by atoms with E-state index >= 15 is 0 Å². The molecular weight excluding hydrogens is 420 g/mol. The Morgan fingerprint density at radius 1 is 0.833 bits per heavy atom. The summed E-state index contributed by atoms with van der Waals surface area (Å²) in [6.45, 7) is 1.17. The number of carboxylic acid groups (broad SMARTS) is 2. The van der Waals surface area contributed by atoms with Gasteiger partial charge >= 0.3 is 11.9 Å². The molecule has 0 fully saturated rings. The monoisotopic (exact) mass is 451 g/mol. The van der Waals surface area contributed by atoms with Crippen molar-refractivity contribution in [3.8, 4) is 0 Å². The second-order valence-corrected chi connectivity index (χ2v) is 8.87. The Bertz CT molecular complexity index is 627. The zero-order chi connectivity index (χ0) is 23.9. The standard InChI is InChI=1S/C12H20N4O6.C5H10O2S/c1-6(17)15-8(3-5-10(19)20)12(22)16-7(11(14)21)2-4-9(13)18;1-8(2)4-3-5(6)7/h7-8H,2-5H2,1H3,(H2,13,18)(H2,14,21)(H,15,17)(H,16,22)(H,19,20);3-4H2,1-2H3/p+1/t7-,8-;/m0./s1. The van der Waals surface area contributed by atoms with E-state index in [0.29, 0.717) is 6.42 Å². The minimum absolute atomic E-state index is 0.0812. The zero-order valence-electron chi connectivity index (χ0n) is 17.3. The molecule has 0 unspecified atom stereocenters. The summed E-state index contributed by atoms with van der Waals surface area (Å²) in [6, 6.07) is -2.26. The smallest absolute Gasteiger partial charge is 0.308 e. The van der Waals surface area contributed by atoms with Crippen molar-refractivity contribution >= 4 is 46.5 Å². The predicted molar refractivity (Wildman–Crippen MR) is 110 cm³/mol. The van der Waals surface area contributed by atoms with E-state index in [1.54, 1.807) is 0 Å². The number of nitrogens with one attached hydrogen (secondary N) is 2. The van der Waals surface area contributed by atoms with Crippen LogP contribution in [0.25, 0.3) is 0 Å². The van der Waals surface area contributed by atoms with Crippen molar-refractivity contribution in [2.24, 2.45) is 11.5 Å². The summed E-state index contributed by atoms with van der Waals surface area (Å²) in [5, 5.41) is 21.3. The van der Waals surface area contributed by atoms with E-state index in [4.69, 9.17) is 21.7 Å². The molecule has 0 saturated carbocycles. The average molecular weight is 452 g/mol. The number of rotatable bonds is 13. The van der Waals surface area contributed by atoms with Crippen molar-refractivity contribution in [2.45, 2.75) is 51.1 Å². The van der Waals surface area contributed by atoms with Gasteiger partial charge in [-0.25, -0.2) is 0 Å². The first-order valence-electron chi connectivity index (χ1n) is 8.89. The van der Waals surface area contributed by atoms with Crippen LogP contribution in [0.1, 0.15) is 39.0 Å². The number of primary amides is 2. The highest BCUT2D eigenvalue weighted by atomic mass is 32.2. The van der Waals surface area contributed by atoms with Crippen molar-refractivity contribution in [3.63, 3.8) is 0 Å². The van der Waals surface area contributed by atoms with Crippen molar-refractivity contribution in [1.29, 1.82) is 0 Å². The highest BCUT2D eigenvalue weighted by Gasteiger charge is 2.25. The molecule has 0 aromatic carbocycles. The number of carboxylic acids is 2. The number of amides is 4. The molecule has 0 aliphatic heterocycles. The maximum atomic E-state index is 12.0. The van der Waals surface area contributed by atoms with Crippen LogP contribution in [0.5, 0.6) is 0 Å². The highest BCUT2D eigenvalue weighted by molar-refractivity contribution is 7.95. The molecule has 0 aliphatic carbocycles. The van der Waals surface area contributed by atoms with Gasteiger partial charge in [-0.1, -0.05) is 0 Å². The van der Waals surface area contributed by atoms with E-state index in [-0.39, 0.29) is 36.6 Å². The van der Waals surface area contributed by atoms with Gasteiger partial charge in [-0.2, -0.15) is 0 Å². The van der Waals surface area contributed by atoms with Crippen molar-refractivity contribution in [1.82, 2.24) is 10.6 Å². The lowest BCUT2D eigenvalue weighted by molar-refractivity contribution is -0.138. The first-order chi connectivity index (χ1) is 13.8. The van der Waals surface area contributed by atoms with E-state index in [1.165, 1.54) is 6.92 Å². The van der Waals surface area contributed by atoms with Gasteiger partial charge in [0, 0.05) is 19.8 Å². The third-order valence-corrected chi connectivity index (χ3v) is 4.43. The molecule has 172 valence electrons. The van der Waals surface area contributed by atoms with Crippen LogP contribution in [-0.2, 0) is 39.7 Å². The summed E-state index contributed by atoms with van der Waals surface area (Å²) < 4.78 is 0.